The Bertz CT molecular complexity index is 918. The van der Waals surface area contributed by atoms with Gasteiger partial charge in [0, 0.05) is 13.1 Å². The molecule has 28 heavy (non-hydrogen) atoms. The summed E-state index contributed by atoms with van der Waals surface area (Å²) >= 11 is 0. The van der Waals surface area contributed by atoms with E-state index in [0.29, 0.717) is 5.56 Å². The molecule has 1 fully saturated rings. The van der Waals surface area contributed by atoms with Crippen LogP contribution in [-0.2, 0) is 26.1 Å². The summed E-state index contributed by atoms with van der Waals surface area (Å²) in [6.07, 6.45) is -0.363. The summed E-state index contributed by atoms with van der Waals surface area (Å²) in [5.41, 5.74) is 0.897. The number of carbonyl (C=O) groups is 1. The Kier molecular flexibility index (Phi) is 6.12. The van der Waals surface area contributed by atoms with Gasteiger partial charge in [0.2, 0.25) is 10.0 Å². The highest BCUT2D eigenvalue weighted by Gasteiger charge is 2.32. The Morgan fingerprint density at radius 3 is 2.21 bits per heavy atom. The van der Waals surface area contributed by atoms with Crippen molar-refractivity contribution in [1.82, 2.24) is 4.31 Å². The van der Waals surface area contributed by atoms with Gasteiger partial charge in [0.25, 0.3) is 0 Å². The molecular weight excluding hydrogens is 385 g/mol. The largest absolute Gasteiger partial charge is 0.457 e. The van der Waals surface area contributed by atoms with E-state index in [-0.39, 0.29) is 48.2 Å². The Hall–Kier alpha value is -2.29. The molecule has 6 nitrogen and oxygen atoms in total. The first kappa shape index (κ1) is 20.4. The molecule has 1 aliphatic heterocycles. The maximum Gasteiger partial charge on any atom is 0.338 e. The average Bonchev–Trinajstić information content (AvgIpc) is 2.66. The number of carbonyl (C=O) groups excluding carboxylic acids is 1. The van der Waals surface area contributed by atoms with Gasteiger partial charge in [-0.1, -0.05) is 12.1 Å². The van der Waals surface area contributed by atoms with Crippen LogP contribution in [0.3, 0.4) is 0 Å². The fourth-order valence-electron chi connectivity index (χ4n) is 3.05. The van der Waals surface area contributed by atoms with E-state index in [1.54, 1.807) is 0 Å². The lowest BCUT2D eigenvalue weighted by molar-refractivity contribution is -0.0440. The minimum absolute atomic E-state index is 0.00270. The third-order valence-corrected chi connectivity index (χ3v) is 6.24. The van der Waals surface area contributed by atoms with Crippen LogP contribution in [0.1, 0.15) is 29.8 Å². The minimum Gasteiger partial charge on any atom is -0.457 e. The predicted molar refractivity (Wildman–Crippen MR) is 101 cm³/mol. The zero-order valence-corrected chi connectivity index (χ0v) is 16.5. The van der Waals surface area contributed by atoms with Crippen LogP contribution >= 0.6 is 0 Å². The normalized spacial score (nSPS) is 20.7. The van der Waals surface area contributed by atoms with Gasteiger partial charge in [-0.2, -0.15) is 4.31 Å². The van der Waals surface area contributed by atoms with E-state index in [4.69, 9.17) is 9.47 Å². The summed E-state index contributed by atoms with van der Waals surface area (Å²) < 4.78 is 50.7. The van der Waals surface area contributed by atoms with Crippen LogP contribution in [0.5, 0.6) is 0 Å². The Morgan fingerprint density at radius 1 is 1.07 bits per heavy atom. The van der Waals surface area contributed by atoms with E-state index in [9.17, 15) is 17.6 Å². The number of morpholine rings is 1. The predicted octanol–water partition coefficient (Wildman–Crippen LogP) is 2.98. The van der Waals surface area contributed by atoms with Gasteiger partial charge >= 0.3 is 5.97 Å². The molecule has 1 heterocycles. The standard InChI is InChI=1S/C20H22FNO5S/c1-14-11-22(12-15(2)27-14)28(24,25)19-9-5-17(6-10-19)20(23)26-13-16-3-7-18(21)8-4-16/h3-10,14-15H,11-13H2,1-2H3/t14-,15-/m1/s1. The molecule has 2 aromatic carbocycles. The fraction of sp³-hybridized carbons (Fsp3) is 0.350. The number of halogens is 1. The Balaban J connectivity index is 1.66. The number of nitrogens with zero attached hydrogens (tertiary/aromatic N) is 1. The topological polar surface area (TPSA) is 72.9 Å². The molecule has 8 heteroatoms. The number of hydrogen-bond donors (Lipinski definition) is 0. The highest BCUT2D eigenvalue weighted by Crippen LogP contribution is 2.21. The van der Waals surface area contributed by atoms with Gasteiger partial charge in [-0.15, -0.1) is 0 Å². The zero-order chi connectivity index (χ0) is 20.3. The number of sulfonamides is 1. The summed E-state index contributed by atoms with van der Waals surface area (Å²) in [4.78, 5) is 12.3. The van der Waals surface area contributed by atoms with Crippen molar-refractivity contribution in [2.45, 2.75) is 37.6 Å². The molecule has 0 aromatic heterocycles. The first-order valence-electron chi connectivity index (χ1n) is 8.93. The lowest BCUT2D eigenvalue weighted by atomic mass is 10.2. The van der Waals surface area contributed by atoms with Crippen molar-refractivity contribution >= 4 is 16.0 Å². The van der Waals surface area contributed by atoms with E-state index in [1.165, 1.54) is 52.8 Å². The lowest BCUT2D eigenvalue weighted by Gasteiger charge is -2.34. The first-order chi connectivity index (χ1) is 13.3. The molecule has 0 amide bonds. The molecule has 0 N–H and O–H groups in total. The number of benzene rings is 2. The molecule has 3 rings (SSSR count). The Morgan fingerprint density at radius 2 is 1.64 bits per heavy atom. The second-order valence-electron chi connectivity index (χ2n) is 6.81. The third kappa shape index (κ3) is 4.76. The van der Waals surface area contributed by atoms with Crippen LogP contribution in [0.4, 0.5) is 4.39 Å². The van der Waals surface area contributed by atoms with Crippen molar-refractivity contribution in [3.63, 3.8) is 0 Å². The van der Waals surface area contributed by atoms with E-state index in [1.807, 2.05) is 13.8 Å². The molecule has 0 spiro atoms. The summed E-state index contributed by atoms with van der Waals surface area (Å²) in [5.74, 6) is -0.946. The van der Waals surface area contributed by atoms with Gasteiger partial charge in [-0.25, -0.2) is 17.6 Å². The number of rotatable bonds is 5. The minimum atomic E-state index is -3.66. The van der Waals surface area contributed by atoms with Gasteiger partial charge in [-0.05, 0) is 55.8 Å². The molecule has 0 saturated carbocycles. The number of esters is 1. The molecular formula is C20H22FNO5S. The highest BCUT2D eigenvalue weighted by molar-refractivity contribution is 7.89. The molecule has 1 aliphatic rings. The summed E-state index contributed by atoms with van der Waals surface area (Å²) in [6.45, 7) is 4.24. The van der Waals surface area contributed by atoms with E-state index in [2.05, 4.69) is 0 Å². The first-order valence-corrected chi connectivity index (χ1v) is 10.4. The van der Waals surface area contributed by atoms with Crippen molar-refractivity contribution in [2.75, 3.05) is 13.1 Å². The average molecular weight is 407 g/mol. The molecule has 150 valence electrons. The monoisotopic (exact) mass is 407 g/mol. The van der Waals surface area contributed by atoms with Gasteiger partial charge in [0.05, 0.1) is 22.7 Å². The molecule has 1 saturated heterocycles. The summed E-state index contributed by atoms with van der Waals surface area (Å²) in [5, 5.41) is 0. The quantitative estimate of drug-likeness (QED) is 0.713. The highest BCUT2D eigenvalue weighted by atomic mass is 32.2. The van der Waals surface area contributed by atoms with Crippen molar-refractivity contribution in [2.24, 2.45) is 0 Å². The van der Waals surface area contributed by atoms with E-state index >= 15 is 0 Å². The third-order valence-electron chi connectivity index (χ3n) is 4.40. The second kappa shape index (κ2) is 8.38. The van der Waals surface area contributed by atoms with Crippen LogP contribution < -0.4 is 0 Å². The van der Waals surface area contributed by atoms with Crippen LogP contribution in [0, 0.1) is 5.82 Å². The van der Waals surface area contributed by atoms with Crippen molar-refractivity contribution in [3.05, 3.63) is 65.5 Å². The fourth-order valence-corrected chi connectivity index (χ4v) is 4.64. The maximum absolute atomic E-state index is 12.9. The van der Waals surface area contributed by atoms with E-state index < -0.39 is 16.0 Å². The van der Waals surface area contributed by atoms with Crippen molar-refractivity contribution in [1.29, 1.82) is 0 Å². The van der Waals surface area contributed by atoms with Gasteiger partial charge in [0.15, 0.2) is 0 Å². The zero-order valence-electron chi connectivity index (χ0n) is 15.7. The van der Waals surface area contributed by atoms with Gasteiger partial charge < -0.3 is 9.47 Å². The summed E-state index contributed by atoms with van der Waals surface area (Å²) in [6, 6.07) is 11.3. The molecule has 0 bridgehead atoms. The van der Waals surface area contributed by atoms with Gasteiger partial charge in [0.1, 0.15) is 12.4 Å². The number of ether oxygens (including phenoxy) is 2. The van der Waals surface area contributed by atoms with Crippen molar-refractivity contribution < 1.29 is 27.1 Å². The molecule has 0 unspecified atom stereocenters. The molecule has 2 atom stereocenters. The molecule has 0 aliphatic carbocycles. The summed E-state index contributed by atoms with van der Waals surface area (Å²) in [7, 11) is -3.66. The number of hydrogen-bond acceptors (Lipinski definition) is 5. The molecule has 2 aromatic rings. The van der Waals surface area contributed by atoms with Crippen LogP contribution in [0.25, 0.3) is 0 Å². The Labute approximate surface area is 163 Å². The lowest BCUT2D eigenvalue weighted by Crippen LogP contribution is -2.48. The maximum atomic E-state index is 12.9. The molecule has 0 radical (unpaired) electrons. The van der Waals surface area contributed by atoms with Crippen molar-refractivity contribution in [3.8, 4) is 0 Å². The smallest absolute Gasteiger partial charge is 0.338 e. The SMILES string of the molecule is C[C@@H]1CN(S(=O)(=O)c2ccc(C(=O)OCc3ccc(F)cc3)cc2)C[C@@H](C)O1. The van der Waals surface area contributed by atoms with Gasteiger partial charge in [-0.3, -0.25) is 0 Å². The second-order valence-corrected chi connectivity index (χ2v) is 8.74. The van der Waals surface area contributed by atoms with Crippen LogP contribution in [0.15, 0.2) is 53.4 Å². The van der Waals surface area contributed by atoms with Crippen LogP contribution in [-0.4, -0.2) is 44.0 Å². The van der Waals surface area contributed by atoms with E-state index in [0.717, 1.165) is 0 Å². The van der Waals surface area contributed by atoms with Crippen LogP contribution in [0.2, 0.25) is 0 Å².